The number of furan rings is 1. The summed E-state index contributed by atoms with van der Waals surface area (Å²) < 4.78 is 5.15. The number of benzene rings is 1. The van der Waals surface area contributed by atoms with Gasteiger partial charge in [0, 0.05) is 18.7 Å². The molecule has 0 aliphatic heterocycles. The largest absolute Gasteiger partial charge is 0.466 e. The lowest BCUT2D eigenvalue weighted by molar-refractivity contribution is -0.117. The zero-order chi connectivity index (χ0) is 17.6. The van der Waals surface area contributed by atoms with Crippen LogP contribution < -0.4 is 10.6 Å². The van der Waals surface area contributed by atoms with Gasteiger partial charge in [0.1, 0.15) is 11.4 Å². The molecule has 0 saturated heterocycles. The van der Waals surface area contributed by atoms with E-state index >= 15 is 0 Å². The molecule has 1 aromatic carbocycles. The van der Waals surface area contributed by atoms with E-state index in [1.165, 1.54) is 12.3 Å². The van der Waals surface area contributed by atoms with Gasteiger partial charge in [-0.3, -0.25) is 9.59 Å². The Labute approximate surface area is 140 Å². The van der Waals surface area contributed by atoms with E-state index in [2.05, 4.69) is 10.6 Å². The Balaban J connectivity index is 1.90. The van der Waals surface area contributed by atoms with Crippen LogP contribution in [0, 0.1) is 0 Å². The molecule has 2 aromatic rings. The molecule has 24 heavy (non-hydrogen) atoms. The number of carbonyl (C=O) groups excluding carboxylic acids is 2. The molecule has 126 valence electrons. The maximum absolute atomic E-state index is 11.9. The first-order valence-corrected chi connectivity index (χ1v) is 7.47. The fraction of sp³-hybridized carbons (Fsp3) is 0.222. The molecule has 0 saturated carbocycles. The van der Waals surface area contributed by atoms with Crippen LogP contribution >= 0.6 is 0 Å². The Morgan fingerprint density at radius 2 is 1.96 bits per heavy atom. The van der Waals surface area contributed by atoms with E-state index in [0.717, 1.165) is 5.56 Å². The maximum atomic E-state index is 11.9. The molecule has 1 aromatic heterocycles. The normalized spacial score (nSPS) is 13.5. The van der Waals surface area contributed by atoms with E-state index in [1.54, 1.807) is 56.4 Å². The summed E-state index contributed by atoms with van der Waals surface area (Å²) >= 11 is 0. The molecule has 6 nitrogen and oxygen atoms in total. The van der Waals surface area contributed by atoms with Crippen LogP contribution in [0.25, 0.3) is 6.08 Å². The van der Waals surface area contributed by atoms with Gasteiger partial charge in [-0.2, -0.15) is 0 Å². The van der Waals surface area contributed by atoms with Crippen LogP contribution in [0.5, 0.6) is 0 Å². The summed E-state index contributed by atoms with van der Waals surface area (Å²) in [7, 11) is 1.57. The van der Waals surface area contributed by atoms with Gasteiger partial charge in [-0.05, 0) is 42.8 Å². The van der Waals surface area contributed by atoms with Gasteiger partial charge in [0.15, 0.2) is 0 Å². The molecule has 6 heteroatoms. The molecule has 3 N–H and O–H groups in total. The van der Waals surface area contributed by atoms with Gasteiger partial charge in [-0.15, -0.1) is 0 Å². The lowest BCUT2D eigenvalue weighted by atomic mass is 10.0. The van der Waals surface area contributed by atoms with Crippen LogP contribution in [0.3, 0.4) is 0 Å². The summed E-state index contributed by atoms with van der Waals surface area (Å²) in [4.78, 5) is 23.3. The van der Waals surface area contributed by atoms with Gasteiger partial charge in [-0.25, -0.2) is 0 Å². The molecule has 2 amide bonds. The van der Waals surface area contributed by atoms with E-state index in [-0.39, 0.29) is 18.4 Å². The second-order valence-corrected chi connectivity index (χ2v) is 5.50. The molecule has 0 radical (unpaired) electrons. The van der Waals surface area contributed by atoms with Gasteiger partial charge in [-0.1, -0.05) is 12.1 Å². The van der Waals surface area contributed by atoms with Gasteiger partial charge in [0.05, 0.1) is 12.8 Å². The summed E-state index contributed by atoms with van der Waals surface area (Å²) in [5.74, 6) is -0.114. The zero-order valence-electron chi connectivity index (χ0n) is 13.6. The average Bonchev–Trinajstić information content (AvgIpc) is 3.13. The molecular formula is C18H20N2O4. The van der Waals surface area contributed by atoms with Crippen molar-refractivity contribution in [3.63, 3.8) is 0 Å². The van der Waals surface area contributed by atoms with Crippen LogP contribution in [0.15, 0.2) is 53.2 Å². The summed E-state index contributed by atoms with van der Waals surface area (Å²) in [6, 6.07) is 10.2. The van der Waals surface area contributed by atoms with Crippen molar-refractivity contribution >= 4 is 17.9 Å². The molecule has 0 aliphatic carbocycles. The molecule has 1 unspecified atom stereocenters. The number of carbonyl (C=O) groups is 2. The maximum Gasteiger partial charge on any atom is 0.251 e. The van der Waals surface area contributed by atoms with E-state index in [4.69, 9.17) is 4.42 Å². The number of hydrogen-bond acceptors (Lipinski definition) is 4. The molecule has 1 heterocycles. The molecule has 1 atom stereocenters. The highest BCUT2D eigenvalue weighted by molar-refractivity contribution is 5.94. The highest BCUT2D eigenvalue weighted by Crippen LogP contribution is 2.19. The number of rotatable bonds is 6. The fourth-order valence-corrected chi connectivity index (χ4v) is 2.05. The highest BCUT2D eigenvalue weighted by atomic mass is 16.4. The van der Waals surface area contributed by atoms with Gasteiger partial charge < -0.3 is 20.2 Å². The Bertz CT molecular complexity index is 716. The average molecular weight is 328 g/mol. The second-order valence-electron chi connectivity index (χ2n) is 5.50. The topological polar surface area (TPSA) is 91.6 Å². The fourth-order valence-electron chi connectivity index (χ4n) is 2.05. The van der Waals surface area contributed by atoms with Gasteiger partial charge in [0.25, 0.3) is 5.91 Å². The Kier molecular flexibility index (Phi) is 5.55. The highest BCUT2D eigenvalue weighted by Gasteiger charge is 2.26. The minimum Gasteiger partial charge on any atom is -0.466 e. The quantitative estimate of drug-likeness (QED) is 0.704. The lowest BCUT2D eigenvalue weighted by Crippen LogP contribution is -2.37. The van der Waals surface area contributed by atoms with Crippen molar-refractivity contribution < 1.29 is 19.1 Å². The minimum atomic E-state index is -1.28. The molecular weight excluding hydrogens is 308 g/mol. The summed E-state index contributed by atoms with van der Waals surface area (Å²) in [5.41, 5.74) is 0.0616. The third-order valence-electron chi connectivity index (χ3n) is 3.49. The minimum absolute atomic E-state index is 0.0271. The first-order chi connectivity index (χ1) is 11.4. The SMILES string of the molecule is CNC(=O)c1ccc(C=CC(=O)NCC(C)(O)c2ccco2)cc1. The van der Waals surface area contributed by atoms with Gasteiger partial charge in [0.2, 0.25) is 5.91 Å². The summed E-state index contributed by atoms with van der Waals surface area (Å²) in [6.07, 6.45) is 4.46. The standard InChI is InChI=1S/C18H20N2O4/c1-18(23,15-4-3-11-24-15)12-20-16(21)10-7-13-5-8-14(9-6-13)17(22)19-2/h3-11,23H,12H2,1-2H3,(H,19,22)(H,20,21). The van der Waals surface area contributed by atoms with Crippen LogP contribution in [0.2, 0.25) is 0 Å². The second kappa shape index (κ2) is 7.61. The first kappa shape index (κ1) is 17.5. The molecule has 2 rings (SSSR count). The monoisotopic (exact) mass is 328 g/mol. The van der Waals surface area contributed by atoms with E-state index in [1.807, 2.05) is 0 Å². The summed E-state index contributed by atoms with van der Waals surface area (Å²) in [6.45, 7) is 1.59. The lowest BCUT2D eigenvalue weighted by Gasteiger charge is -2.20. The number of hydrogen-bond donors (Lipinski definition) is 3. The van der Waals surface area contributed by atoms with Crippen molar-refractivity contribution in [2.75, 3.05) is 13.6 Å². The predicted molar refractivity (Wildman–Crippen MR) is 90.2 cm³/mol. The molecule has 0 aliphatic rings. The van der Waals surface area contributed by atoms with Crippen molar-refractivity contribution in [2.24, 2.45) is 0 Å². The van der Waals surface area contributed by atoms with Crippen molar-refractivity contribution in [2.45, 2.75) is 12.5 Å². The third-order valence-corrected chi connectivity index (χ3v) is 3.49. The number of aliphatic hydroxyl groups is 1. The Morgan fingerprint density at radius 3 is 2.54 bits per heavy atom. The van der Waals surface area contributed by atoms with Crippen molar-refractivity contribution in [1.29, 1.82) is 0 Å². The molecule has 0 bridgehead atoms. The van der Waals surface area contributed by atoms with Crippen molar-refractivity contribution in [3.05, 3.63) is 65.6 Å². The van der Waals surface area contributed by atoms with Gasteiger partial charge >= 0.3 is 0 Å². The van der Waals surface area contributed by atoms with Crippen LogP contribution in [0.4, 0.5) is 0 Å². The smallest absolute Gasteiger partial charge is 0.251 e. The molecule has 0 spiro atoms. The third kappa shape index (κ3) is 4.57. The molecule has 0 fully saturated rings. The number of amides is 2. The predicted octanol–water partition coefficient (Wildman–Crippen LogP) is 1.68. The van der Waals surface area contributed by atoms with E-state index in [9.17, 15) is 14.7 Å². The Morgan fingerprint density at radius 1 is 1.25 bits per heavy atom. The first-order valence-electron chi connectivity index (χ1n) is 7.47. The van der Waals surface area contributed by atoms with Crippen LogP contribution in [-0.2, 0) is 10.4 Å². The Hall–Kier alpha value is -2.86. The summed E-state index contributed by atoms with van der Waals surface area (Å²) in [5, 5.41) is 15.4. The van der Waals surface area contributed by atoms with Crippen molar-refractivity contribution in [1.82, 2.24) is 10.6 Å². The van der Waals surface area contributed by atoms with E-state index in [0.29, 0.717) is 11.3 Å². The van der Waals surface area contributed by atoms with Crippen LogP contribution in [-0.4, -0.2) is 30.5 Å². The van der Waals surface area contributed by atoms with E-state index < -0.39 is 5.60 Å². The van der Waals surface area contributed by atoms with Crippen LogP contribution in [0.1, 0.15) is 28.6 Å². The van der Waals surface area contributed by atoms with Crippen molar-refractivity contribution in [3.8, 4) is 0 Å². The zero-order valence-corrected chi connectivity index (χ0v) is 13.6. The number of nitrogens with one attached hydrogen (secondary N) is 2.